The van der Waals surface area contributed by atoms with Gasteiger partial charge in [-0.05, 0) is 139 Å². The number of fused-ring (bicyclic) bond motifs is 9. The van der Waals surface area contributed by atoms with Crippen LogP contribution in [0, 0.1) is 0 Å². The van der Waals surface area contributed by atoms with Crippen molar-refractivity contribution in [2.24, 2.45) is 0 Å². The van der Waals surface area contributed by atoms with Gasteiger partial charge in [-0.3, -0.25) is 29.1 Å². The van der Waals surface area contributed by atoms with Crippen molar-refractivity contribution in [2.75, 3.05) is 32.8 Å². The molecule has 0 unspecified atom stereocenters. The second-order valence-electron chi connectivity index (χ2n) is 18.9. The number of amides is 3. The summed E-state index contributed by atoms with van der Waals surface area (Å²) in [4.78, 5) is 62.6. The van der Waals surface area contributed by atoms with E-state index in [0.717, 1.165) is 80.2 Å². The van der Waals surface area contributed by atoms with Gasteiger partial charge in [0, 0.05) is 40.6 Å². The Hall–Kier alpha value is -4.58. The minimum Gasteiger partial charge on any atom is -0.492 e. The fraction of sp³-hybridized carbons (Fsp3) is 0.511. The second kappa shape index (κ2) is 13.7. The molecule has 59 heavy (non-hydrogen) atoms. The average Bonchev–Trinajstić information content (AvgIpc) is 3.85. The molecule has 7 aliphatic rings. The molecule has 11 rings (SSSR count). The standard InChI is InChI=1S/C47H51ClN6O5/c1-46(2)34-24-28(6-13-36(34)54-37-5-3-4-35(48)40(37)43(57)50-45(46)54)27-16-20-51(21-17-27)29-7-9-30(10-8-29)52-22-18-47(19-23-52)26-59-41-32-25-53(38-14-15-39(55)49-42(38)56)44(58)31(32)11-12-33(41)47/h3-6,11-13,24,27,29-30,38H,7-10,14-23,25-26H2,1-2H3,(H,49,55,56)/t29?,30?,38-/m0/s1. The summed E-state index contributed by atoms with van der Waals surface area (Å²) in [5, 5.41) is 3.33. The van der Waals surface area contributed by atoms with E-state index in [1.54, 1.807) is 11.0 Å². The maximum atomic E-state index is 13.4. The van der Waals surface area contributed by atoms with E-state index in [0.29, 0.717) is 53.5 Å². The van der Waals surface area contributed by atoms with Crippen LogP contribution in [0.15, 0.2) is 53.3 Å². The lowest BCUT2D eigenvalue weighted by molar-refractivity contribution is -0.136. The molecule has 4 fully saturated rings. The zero-order chi connectivity index (χ0) is 40.4. The molecule has 1 aromatic heterocycles. The van der Waals surface area contributed by atoms with Crippen LogP contribution in [0.3, 0.4) is 0 Å². The summed E-state index contributed by atoms with van der Waals surface area (Å²) >= 11 is 6.49. The summed E-state index contributed by atoms with van der Waals surface area (Å²) < 4.78 is 8.59. The number of rotatable bonds is 4. The number of imide groups is 1. The summed E-state index contributed by atoms with van der Waals surface area (Å²) in [7, 11) is 0. The molecule has 1 saturated carbocycles. The van der Waals surface area contributed by atoms with Crippen molar-refractivity contribution < 1.29 is 19.1 Å². The number of halogens is 1. The molecule has 6 aliphatic heterocycles. The molecule has 1 N–H and O–H groups in total. The van der Waals surface area contributed by atoms with Crippen LogP contribution in [-0.2, 0) is 27.0 Å². The Morgan fingerprint density at radius 3 is 2.29 bits per heavy atom. The second-order valence-corrected chi connectivity index (χ2v) is 19.3. The van der Waals surface area contributed by atoms with Crippen molar-refractivity contribution in [3.05, 3.63) is 97.5 Å². The largest absolute Gasteiger partial charge is 0.492 e. The number of carbonyl (C=O) groups is 3. The molecule has 12 heteroatoms. The molecule has 0 bridgehead atoms. The van der Waals surface area contributed by atoms with Gasteiger partial charge in [0.05, 0.1) is 40.2 Å². The fourth-order valence-corrected chi connectivity index (χ4v) is 12.4. The normalized spacial score (nSPS) is 26.5. The van der Waals surface area contributed by atoms with Crippen molar-refractivity contribution in [2.45, 2.75) is 119 Å². The molecule has 1 aliphatic carbocycles. The third-order valence-electron chi connectivity index (χ3n) is 15.5. The fourth-order valence-electron chi connectivity index (χ4n) is 12.1. The first-order chi connectivity index (χ1) is 28.5. The van der Waals surface area contributed by atoms with E-state index in [1.165, 1.54) is 42.4 Å². The lowest BCUT2D eigenvalue weighted by Crippen LogP contribution is -2.52. The number of benzene rings is 3. The summed E-state index contributed by atoms with van der Waals surface area (Å²) in [5.41, 5.74) is 6.58. The number of aromatic nitrogens is 2. The van der Waals surface area contributed by atoms with E-state index in [-0.39, 0.29) is 35.1 Å². The first kappa shape index (κ1) is 37.4. The van der Waals surface area contributed by atoms with Crippen molar-refractivity contribution in [1.82, 2.24) is 29.6 Å². The molecule has 306 valence electrons. The maximum Gasteiger partial charge on any atom is 0.282 e. The molecule has 7 heterocycles. The summed E-state index contributed by atoms with van der Waals surface area (Å²) in [5.74, 6) is 1.34. The highest BCUT2D eigenvalue weighted by Crippen LogP contribution is 2.51. The molecule has 1 spiro atoms. The Kier molecular flexibility index (Phi) is 8.70. The van der Waals surface area contributed by atoms with Gasteiger partial charge in [-0.25, -0.2) is 0 Å². The molecule has 3 aromatic carbocycles. The summed E-state index contributed by atoms with van der Waals surface area (Å²) in [6, 6.07) is 17.3. The lowest BCUT2D eigenvalue weighted by atomic mass is 9.73. The smallest absolute Gasteiger partial charge is 0.282 e. The molecule has 1 atom stereocenters. The van der Waals surface area contributed by atoms with Crippen molar-refractivity contribution in [1.29, 1.82) is 0 Å². The Labute approximate surface area is 349 Å². The number of carbonyl (C=O) groups excluding carboxylic acids is 3. The highest BCUT2D eigenvalue weighted by atomic mass is 35.5. The maximum absolute atomic E-state index is 13.4. The Morgan fingerprint density at radius 1 is 0.831 bits per heavy atom. The van der Waals surface area contributed by atoms with Gasteiger partial charge >= 0.3 is 0 Å². The van der Waals surface area contributed by atoms with Crippen LogP contribution in [0.25, 0.3) is 16.6 Å². The number of piperidine rings is 3. The SMILES string of the molecule is CC1(C)c2cc(C3CCN(C4CCC(N5CCC6(CC5)COc5c6ccc6c5CN([C@H]5CCC(=O)NC5=O)C6=O)CC4)CC3)ccc2-n2c1nc(=O)c1c(Cl)cccc12. The third kappa shape index (κ3) is 5.77. The van der Waals surface area contributed by atoms with Crippen LogP contribution >= 0.6 is 11.6 Å². The lowest BCUT2D eigenvalue weighted by Gasteiger charge is -2.46. The van der Waals surface area contributed by atoms with Crippen LogP contribution in [0.1, 0.15) is 122 Å². The zero-order valence-corrected chi connectivity index (χ0v) is 34.7. The number of nitrogens with zero attached hydrogens (tertiary/aromatic N) is 5. The quantitative estimate of drug-likeness (QED) is 0.237. The third-order valence-corrected chi connectivity index (χ3v) is 15.9. The average molecular weight is 815 g/mol. The van der Waals surface area contributed by atoms with Crippen molar-refractivity contribution in [3.63, 3.8) is 0 Å². The molecular weight excluding hydrogens is 764 g/mol. The Bertz CT molecular complexity index is 2510. The van der Waals surface area contributed by atoms with Crippen molar-refractivity contribution in [3.8, 4) is 11.4 Å². The molecule has 3 saturated heterocycles. The van der Waals surface area contributed by atoms with E-state index in [1.807, 2.05) is 18.2 Å². The summed E-state index contributed by atoms with van der Waals surface area (Å²) in [6.45, 7) is 9.72. The monoisotopic (exact) mass is 814 g/mol. The summed E-state index contributed by atoms with van der Waals surface area (Å²) in [6.07, 6.45) is 10.0. The van der Waals surface area contributed by atoms with Crippen LogP contribution in [0.5, 0.6) is 5.75 Å². The van der Waals surface area contributed by atoms with Crippen LogP contribution in [-0.4, -0.2) is 92.9 Å². The van der Waals surface area contributed by atoms with Gasteiger partial charge in [-0.1, -0.05) is 35.9 Å². The van der Waals surface area contributed by atoms with E-state index in [9.17, 15) is 19.2 Å². The highest BCUT2D eigenvalue weighted by Gasteiger charge is 2.48. The number of likely N-dealkylation sites (tertiary alicyclic amines) is 2. The van der Waals surface area contributed by atoms with E-state index in [4.69, 9.17) is 16.3 Å². The van der Waals surface area contributed by atoms with Crippen LogP contribution < -0.4 is 15.6 Å². The molecule has 11 nitrogen and oxygen atoms in total. The minimum absolute atomic E-state index is 0.0368. The van der Waals surface area contributed by atoms with E-state index < -0.39 is 11.5 Å². The van der Waals surface area contributed by atoms with Crippen LogP contribution in [0.4, 0.5) is 0 Å². The predicted octanol–water partition coefficient (Wildman–Crippen LogP) is 6.36. The number of hydrogen-bond donors (Lipinski definition) is 1. The van der Waals surface area contributed by atoms with Gasteiger partial charge in [-0.2, -0.15) is 4.98 Å². The van der Waals surface area contributed by atoms with Crippen molar-refractivity contribution >= 4 is 40.2 Å². The molecular formula is C47H51ClN6O5. The highest BCUT2D eigenvalue weighted by molar-refractivity contribution is 6.35. The minimum atomic E-state index is -0.622. The van der Waals surface area contributed by atoms with Gasteiger partial charge in [0.1, 0.15) is 17.6 Å². The molecule has 3 amide bonds. The number of ether oxygens (including phenoxy) is 1. The van der Waals surface area contributed by atoms with Gasteiger partial charge in [-0.15, -0.1) is 0 Å². The number of nitrogens with one attached hydrogen (secondary N) is 1. The Balaban J connectivity index is 0.699. The number of hydrogen-bond acceptors (Lipinski definition) is 8. The van der Waals surface area contributed by atoms with Gasteiger partial charge in [0.25, 0.3) is 11.5 Å². The Morgan fingerprint density at radius 2 is 1.56 bits per heavy atom. The van der Waals surface area contributed by atoms with Gasteiger partial charge in [0.2, 0.25) is 11.8 Å². The first-order valence-corrected chi connectivity index (χ1v) is 22.2. The topological polar surface area (TPSA) is 117 Å². The van der Waals surface area contributed by atoms with Crippen LogP contribution in [0.2, 0.25) is 5.02 Å². The van der Waals surface area contributed by atoms with E-state index >= 15 is 0 Å². The van der Waals surface area contributed by atoms with Gasteiger partial charge < -0.3 is 19.4 Å². The first-order valence-electron chi connectivity index (χ1n) is 21.8. The molecule has 0 radical (unpaired) electrons. The zero-order valence-electron chi connectivity index (χ0n) is 33.9. The molecule has 4 aromatic rings. The van der Waals surface area contributed by atoms with E-state index in [2.05, 4.69) is 62.8 Å². The predicted molar refractivity (Wildman–Crippen MR) is 225 cm³/mol. The van der Waals surface area contributed by atoms with Gasteiger partial charge in [0.15, 0.2) is 0 Å².